The second-order valence-corrected chi connectivity index (χ2v) is 10.5. The molecule has 1 aliphatic rings. The molecule has 7 nitrogen and oxygen atoms in total. The van der Waals surface area contributed by atoms with E-state index in [4.69, 9.17) is 16.6 Å². The van der Waals surface area contributed by atoms with Crippen molar-refractivity contribution in [3.05, 3.63) is 100 Å². The minimum Gasteiger partial charge on any atom is -0.378 e. The van der Waals surface area contributed by atoms with Gasteiger partial charge in [-0.3, -0.25) is 9.59 Å². The molecule has 0 saturated carbocycles. The van der Waals surface area contributed by atoms with Crippen molar-refractivity contribution in [3.8, 4) is 0 Å². The highest BCUT2D eigenvalue weighted by atomic mass is 35.5. The minimum absolute atomic E-state index is 0.141. The highest BCUT2D eigenvalue weighted by Crippen LogP contribution is 2.34. The van der Waals surface area contributed by atoms with Crippen molar-refractivity contribution in [1.29, 1.82) is 0 Å². The molecule has 1 heterocycles. The molecule has 3 N–H and O–H groups in total. The number of allylic oxidation sites excluding steroid dienone is 1. The average Bonchev–Trinajstić information content (AvgIpc) is 2.90. The SMILES string of the molecule is CC1=C(C(=O)Nc2ccccc2)[C@H](c2ccc(N(C)C)cc2)N=C(SCC(=O)Nc2ccc(C)c(Cl)c2)N1. The van der Waals surface area contributed by atoms with Crippen LogP contribution < -0.4 is 20.9 Å². The number of thioether (sulfide) groups is 1. The number of hydrogen-bond donors (Lipinski definition) is 3. The van der Waals surface area contributed by atoms with E-state index < -0.39 is 6.04 Å². The number of anilines is 3. The quantitative estimate of drug-likeness (QED) is 0.338. The van der Waals surface area contributed by atoms with Crippen LogP contribution in [0.4, 0.5) is 17.1 Å². The Labute approximate surface area is 232 Å². The number of rotatable bonds is 7. The Morgan fingerprint density at radius 1 is 0.974 bits per heavy atom. The van der Waals surface area contributed by atoms with Crippen molar-refractivity contribution < 1.29 is 9.59 Å². The Kier molecular flexibility index (Phi) is 8.76. The molecular formula is C29H30ClN5O2S. The average molecular weight is 548 g/mol. The normalized spacial score (nSPS) is 14.9. The van der Waals surface area contributed by atoms with Crippen LogP contribution in [0.2, 0.25) is 5.02 Å². The Morgan fingerprint density at radius 3 is 2.34 bits per heavy atom. The molecule has 4 rings (SSSR count). The lowest BCUT2D eigenvalue weighted by atomic mass is 9.95. The zero-order chi connectivity index (χ0) is 27.2. The summed E-state index contributed by atoms with van der Waals surface area (Å²) in [5.41, 5.74) is 5.42. The summed E-state index contributed by atoms with van der Waals surface area (Å²) in [6.07, 6.45) is 0. The lowest BCUT2D eigenvalue weighted by Crippen LogP contribution is -2.32. The van der Waals surface area contributed by atoms with Gasteiger partial charge in [0.2, 0.25) is 5.91 Å². The van der Waals surface area contributed by atoms with Gasteiger partial charge in [0.25, 0.3) is 5.91 Å². The third-order valence-corrected chi connectivity index (χ3v) is 7.31. The molecule has 3 aromatic rings. The van der Waals surface area contributed by atoms with Crippen LogP contribution in [-0.4, -0.2) is 36.8 Å². The summed E-state index contributed by atoms with van der Waals surface area (Å²) in [5, 5.41) is 10.2. The number of para-hydroxylation sites is 1. The molecule has 1 atom stereocenters. The van der Waals surface area contributed by atoms with E-state index in [-0.39, 0.29) is 17.6 Å². The molecule has 0 saturated heterocycles. The van der Waals surface area contributed by atoms with Gasteiger partial charge in [-0.25, -0.2) is 4.99 Å². The molecule has 196 valence electrons. The van der Waals surface area contributed by atoms with Gasteiger partial charge in [0, 0.05) is 41.9 Å². The first-order valence-corrected chi connectivity index (χ1v) is 13.5. The Balaban J connectivity index is 1.54. The maximum absolute atomic E-state index is 13.4. The fourth-order valence-corrected chi connectivity index (χ4v) is 4.86. The number of carbonyl (C=O) groups is 2. The molecule has 1 aliphatic heterocycles. The maximum Gasteiger partial charge on any atom is 0.255 e. The Morgan fingerprint density at radius 2 is 1.68 bits per heavy atom. The fraction of sp³-hybridized carbons (Fsp3) is 0.207. The van der Waals surface area contributed by atoms with E-state index in [1.165, 1.54) is 11.8 Å². The van der Waals surface area contributed by atoms with Crippen molar-refractivity contribution in [2.24, 2.45) is 4.99 Å². The second-order valence-electron chi connectivity index (χ2n) is 9.11. The van der Waals surface area contributed by atoms with E-state index in [0.717, 1.165) is 16.8 Å². The van der Waals surface area contributed by atoms with Gasteiger partial charge in [-0.2, -0.15) is 0 Å². The molecule has 0 bridgehead atoms. The number of halogens is 1. The third kappa shape index (κ3) is 6.76. The van der Waals surface area contributed by atoms with Crippen LogP contribution in [0.15, 0.2) is 89.1 Å². The largest absolute Gasteiger partial charge is 0.378 e. The second kappa shape index (κ2) is 12.2. The van der Waals surface area contributed by atoms with Gasteiger partial charge in [-0.15, -0.1) is 0 Å². The highest BCUT2D eigenvalue weighted by molar-refractivity contribution is 8.14. The summed E-state index contributed by atoms with van der Waals surface area (Å²) in [7, 11) is 3.95. The molecule has 0 spiro atoms. The maximum atomic E-state index is 13.4. The number of aliphatic imine (C=N–C) groups is 1. The van der Waals surface area contributed by atoms with Gasteiger partial charge in [-0.1, -0.05) is 59.8 Å². The van der Waals surface area contributed by atoms with Crippen LogP contribution in [0.3, 0.4) is 0 Å². The highest BCUT2D eigenvalue weighted by Gasteiger charge is 2.30. The summed E-state index contributed by atoms with van der Waals surface area (Å²) in [4.78, 5) is 32.9. The monoisotopic (exact) mass is 547 g/mol. The van der Waals surface area contributed by atoms with Crippen molar-refractivity contribution in [3.63, 3.8) is 0 Å². The van der Waals surface area contributed by atoms with E-state index >= 15 is 0 Å². The van der Waals surface area contributed by atoms with Gasteiger partial charge in [0.15, 0.2) is 5.17 Å². The number of nitrogens with zero attached hydrogens (tertiary/aromatic N) is 2. The van der Waals surface area contributed by atoms with Crippen LogP contribution >= 0.6 is 23.4 Å². The summed E-state index contributed by atoms with van der Waals surface area (Å²) in [5.74, 6) is -0.271. The van der Waals surface area contributed by atoms with Crippen molar-refractivity contribution >= 4 is 57.4 Å². The summed E-state index contributed by atoms with van der Waals surface area (Å²) < 4.78 is 0. The lowest BCUT2D eigenvalue weighted by molar-refractivity contribution is -0.114. The first-order valence-electron chi connectivity index (χ1n) is 12.1. The number of benzene rings is 3. The predicted molar refractivity (Wildman–Crippen MR) is 159 cm³/mol. The first-order chi connectivity index (χ1) is 18.2. The smallest absolute Gasteiger partial charge is 0.255 e. The number of aryl methyl sites for hydroxylation is 1. The predicted octanol–water partition coefficient (Wildman–Crippen LogP) is 6.00. The molecular weight excluding hydrogens is 518 g/mol. The van der Waals surface area contributed by atoms with Crippen LogP contribution in [0.5, 0.6) is 0 Å². The van der Waals surface area contributed by atoms with Crippen molar-refractivity contribution in [2.45, 2.75) is 19.9 Å². The molecule has 0 radical (unpaired) electrons. The van der Waals surface area contributed by atoms with Gasteiger partial charge in [0.05, 0.1) is 11.3 Å². The third-order valence-electron chi connectivity index (χ3n) is 6.02. The van der Waals surface area contributed by atoms with Gasteiger partial charge in [0.1, 0.15) is 6.04 Å². The lowest BCUT2D eigenvalue weighted by Gasteiger charge is -2.26. The number of amides is 2. The van der Waals surface area contributed by atoms with Gasteiger partial charge >= 0.3 is 0 Å². The molecule has 0 fully saturated rings. The molecule has 3 aromatic carbocycles. The molecule has 0 aromatic heterocycles. The van der Waals surface area contributed by atoms with Crippen LogP contribution in [0, 0.1) is 6.92 Å². The Hall–Kier alpha value is -3.75. The van der Waals surface area contributed by atoms with Crippen LogP contribution in [-0.2, 0) is 9.59 Å². The van der Waals surface area contributed by atoms with Crippen LogP contribution in [0.1, 0.15) is 24.1 Å². The van der Waals surface area contributed by atoms with E-state index in [2.05, 4.69) is 16.0 Å². The molecule has 38 heavy (non-hydrogen) atoms. The van der Waals surface area contributed by atoms with E-state index in [9.17, 15) is 9.59 Å². The zero-order valence-corrected chi connectivity index (χ0v) is 23.3. The zero-order valence-electron chi connectivity index (χ0n) is 21.7. The van der Waals surface area contributed by atoms with Crippen LogP contribution in [0.25, 0.3) is 0 Å². The van der Waals surface area contributed by atoms with E-state index in [0.29, 0.717) is 32.8 Å². The number of nitrogens with one attached hydrogen (secondary N) is 3. The van der Waals surface area contributed by atoms with Crippen molar-refractivity contribution in [1.82, 2.24) is 5.32 Å². The molecule has 9 heteroatoms. The van der Waals surface area contributed by atoms with Gasteiger partial charge in [-0.05, 0) is 61.4 Å². The minimum atomic E-state index is -0.530. The molecule has 0 unspecified atom stereocenters. The number of amidine groups is 1. The summed E-state index contributed by atoms with van der Waals surface area (Å²) in [6.45, 7) is 3.76. The Bertz CT molecular complexity index is 1390. The molecule has 2 amide bonds. The fourth-order valence-electron chi connectivity index (χ4n) is 3.93. The topological polar surface area (TPSA) is 85.8 Å². The van der Waals surface area contributed by atoms with Crippen molar-refractivity contribution in [2.75, 3.05) is 35.4 Å². The first kappa shape index (κ1) is 27.3. The van der Waals surface area contributed by atoms with E-state index in [1.807, 2.05) is 99.6 Å². The van der Waals surface area contributed by atoms with Gasteiger partial charge < -0.3 is 20.9 Å². The molecule has 0 aliphatic carbocycles. The number of carbonyl (C=O) groups excluding carboxylic acids is 2. The van der Waals surface area contributed by atoms with E-state index in [1.54, 1.807) is 6.07 Å². The summed E-state index contributed by atoms with van der Waals surface area (Å²) >= 11 is 7.46. The number of hydrogen-bond acceptors (Lipinski definition) is 6. The standard InChI is InChI=1S/C29H30ClN5O2S/c1-18-10-13-22(16-24(18)30)32-25(36)17-38-29-31-19(2)26(28(37)33-21-8-6-5-7-9-21)27(34-29)20-11-14-23(15-12-20)35(3)4/h5-16,27H,17H2,1-4H3,(H,31,34)(H,32,36)(H,33,37)/t27-/m0/s1. The summed E-state index contributed by atoms with van der Waals surface area (Å²) in [6, 6.07) is 22.2.